The first-order chi connectivity index (χ1) is 11.3. The molecule has 0 saturated carbocycles. The van der Waals surface area contributed by atoms with Crippen LogP contribution in [0.4, 0.5) is 10.1 Å². The summed E-state index contributed by atoms with van der Waals surface area (Å²) >= 11 is 5.83. The topological polar surface area (TPSA) is 66.5 Å². The second-order valence-corrected chi connectivity index (χ2v) is 7.60. The van der Waals surface area contributed by atoms with E-state index in [1.54, 1.807) is 30.3 Å². The van der Waals surface area contributed by atoms with Crippen LogP contribution in [0.25, 0.3) is 0 Å². The summed E-state index contributed by atoms with van der Waals surface area (Å²) in [4.78, 5) is 12.1. The Morgan fingerprint density at radius 3 is 2.54 bits per heavy atom. The van der Waals surface area contributed by atoms with Crippen LogP contribution in [0.2, 0.25) is 5.02 Å². The Bertz CT molecular complexity index is 843. The molecule has 0 aromatic heterocycles. The first-order valence-electron chi connectivity index (χ1n) is 6.99. The molecule has 0 atom stereocenters. The van der Waals surface area contributed by atoms with Crippen molar-refractivity contribution in [3.8, 4) is 0 Å². The van der Waals surface area contributed by atoms with E-state index in [1.807, 2.05) is 0 Å². The lowest BCUT2D eigenvalue weighted by Crippen LogP contribution is -2.37. The maximum atomic E-state index is 13.7. The summed E-state index contributed by atoms with van der Waals surface area (Å²) in [5.74, 6) is -1.07. The fourth-order valence-corrected chi connectivity index (χ4v) is 2.95. The van der Waals surface area contributed by atoms with Crippen molar-refractivity contribution in [3.05, 3.63) is 64.9 Å². The minimum Gasteiger partial charge on any atom is -0.325 e. The Kier molecular flexibility index (Phi) is 5.93. The van der Waals surface area contributed by atoms with Crippen LogP contribution in [-0.4, -0.2) is 31.4 Å². The molecule has 0 fully saturated rings. The molecule has 128 valence electrons. The van der Waals surface area contributed by atoms with Gasteiger partial charge in [-0.1, -0.05) is 35.9 Å². The number of hydrogen-bond donors (Lipinski definition) is 1. The smallest absolute Gasteiger partial charge is 0.239 e. The van der Waals surface area contributed by atoms with Gasteiger partial charge in [-0.05, 0) is 24.3 Å². The zero-order chi connectivity index (χ0) is 17.7. The molecule has 1 N–H and O–H groups in total. The average molecular weight is 371 g/mol. The van der Waals surface area contributed by atoms with Crippen molar-refractivity contribution in [2.24, 2.45) is 0 Å². The van der Waals surface area contributed by atoms with E-state index in [0.29, 0.717) is 10.7 Å². The summed E-state index contributed by atoms with van der Waals surface area (Å²) in [7, 11) is -3.70. The van der Waals surface area contributed by atoms with Crippen molar-refractivity contribution < 1.29 is 17.6 Å². The summed E-state index contributed by atoms with van der Waals surface area (Å²) in [5, 5.41) is 3.01. The number of benzene rings is 2. The van der Waals surface area contributed by atoms with Gasteiger partial charge in [0.2, 0.25) is 15.9 Å². The largest absolute Gasteiger partial charge is 0.325 e. The first-order valence-corrected chi connectivity index (χ1v) is 9.22. The van der Waals surface area contributed by atoms with Crippen LogP contribution in [0.5, 0.6) is 0 Å². The van der Waals surface area contributed by atoms with E-state index >= 15 is 0 Å². The van der Waals surface area contributed by atoms with E-state index in [4.69, 9.17) is 11.6 Å². The van der Waals surface area contributed by atoms with Crippen LogP contribution in [0, 0.1) is 5.82 Å². The predicted molar refractivity (Wildman–Crippen MR) is 91.7 cm³/mol. The van der Waals surface area contributed by atoms with Crippen molar-refractivity contribution in [1.82, 2.24) is 4.31 Å². The molecule has 0 saturated heterocycles. The highest BCUT2D eigenvalue weighted by molar-refractivity contribution is 7.88. The van der Waals surface area contributed by atoms with E-state index in [1.165, 1.54) is 18.2 Å². The van der Waals surface area contributed by atoms with Crippen molar-refractivity contribution in [2.45, 2.75) is 6.54 Å². The summed E-state index contributed by atoms with van der Waals surface area (Å²) in [6.07, 6.45) is 0.973. The van der Waals surface area contributed by atoms with Crippen molar-refractivity contribution in [2.75, 3.05) is 18.1 Å². The quantitative estimate of drug-likeness (QED) is 0.850. The average Bonchev–Trinajstić information content (AvgIpc) is 2.47. The van der Waals surface area contributed by atoms with E-state index in [9.17, 15) is 17.6 Å². The van der Waals surface area contributed by atoms with Crippen molar-refractivity contribution in [3.63, 3.8) is 0 Å². The highest BCUT2D eigenvalue weighted by Gasteiger charge is 2.21. The Morgan fingerprint density at radius 2 is 1.92 bits per heavy atom. The molecule has 2 rings (SSSR count). The van der Waals surface area contributed by atoms with Crippen molar-refractivity contribution in [1.29, 1.82) is 0 Å². The molecule has 2 aromatic rings. The van der Waals surface area contributed by atoms with Gasteiger partial charge in [-0.2, -0.15) is 4.31 Å². The monoisotopic (exact) mass is 370 g/mol. The lowest BCUT2D eigenvalue weighted by molar-refractivity contribution is -0.116. The van der Waals surface area contributed by atoms with Crippen LogP contribution in [0.15, 0.2) is 48.5 Å². The maximum absolute atomic E-state index is 13.7. The van der Waals surface area contributed by atoms with Gasteiger partial charge < -0.3 is 5.32 Å². The lowest BCUT2D eigenvalue weighted by atomic mass is 10.2. The molecule has 0 aliphatic carbocycles. The Labute approximate surface area is 145 Å². The number of carbonyl (C=O) groups is 1. The third-order valence-corrected chi connectivity index (χ3v) is 4.63. The van der Waals surface area contributed by atoms with Gasteiger partial charge in [0.25, 0.3) is 0 Å². The molecule has 5 nitrogen and oxygen atoms in total. The second kappa shape index (κ2) is 7.74. The van der Waals surface area contributed by atoms with Gasteiger partial charge in [-0.3, -0.25) is 4.79 Å². The van der Waals surface area contributed by atoms with Crippen LogP contribution in [-0.2, 0) is 21.4 Å². The molecule has 0 aliphatic heterocycles. The van der Waals surface area contributed by atoms with E-state index in [2.05, 4.69) is 5.32 Å². The van der Waals surface area contributed by atoms with E-state index in [-0.39, 0.29) is 12.1 Å². The van der Waals surface area contributed by atoms with Gasteiger partial charge in [0, 0.05) is 22.8 Å². The molecule has 24 heavy (non-hydrogen) atoms. The van der Waals surface area contributed by atoms with Gasteiger partial charge in [-0.15, -0.1) is 0 Å². The van der Waals surface area contributed by atoms with Crippen molar-refractivity contribution >= 4 is 33.2 Å². The molecule has 0 bridgehead atoms. The number of halogens is 2. The molecule has 0 radical (unpaired) electrons. The molecule has 0 aliphatic rings. The molecule has 8 heteroatoms. The highest BCUT2D eigenvalue weighted by Crippen LogP contribution is 2.16. The van der Waals surface area contributed by atoms with Crippen LogP contribution >= 0.6 is 11.6 Å². The van der Waals surface area contributed by atoms with E-state index < -0.39 is 28.3 Å². The van der Waals surface area contributed by atoms with Crippen LogP contribution in [0.1, 0.15) is 5.56 Å². The van der Waals surface area contributed by atoms with Gasteiger partial charge in [0.1, 0.15) is 5.82 Å². The molecular formula is C16H16ClFN2O3S. The normalized spacial score (nSPS) is 11.5. The summed E-state index contributed by atoms with van der Waals surface area (Å²) in [5.41, 5.74) is 0.644. The Balaban J connectivity index is 2.12. The highest BCUT2D eigenvalue weighted by atomic mass is 35.5. The molecule has 0 heterocycles. The summed E-state index contributed by atoms with van der Waals surface area (Å²) in [6.45, 7) is -0.659. The molecule has 2 aromatic carbocycles. The van der Waals surface area contributed by atoms with Crippen LogP contribution in [0.3, 0.4) is 0 Å². The zero-order valence-electron chi connectivity index (χ0n) is 12.9. The molecular weight excluding hydrogens is 355 g/mol. The Morgan fingerprint density at radius 1 is 1.21 bits per heavy atom. The zero-order valence-corrected chi connectivity index (χ0v) is 14.4. The number of rotatable bonds is 6. The van der Waals surface area contributed by atoms with Gasteiger partial charge in [-0.25, -0.2) is 12.8 Å². The minimum absolute atomic E-state index is 0.193. The van der Waals surface area contributed by atoms with E-state index in [0.717, 1.165) is 10.6 Å². The van der Waals surface area contributed by atoms with Gasteiger partial charge in [0.05, 0.1) is 12.8 Å². The van der Waals surface area contributed by atoms with Gasteiger partial charge in [0.15, 0.2) is 0 Å². The number of nitrogens with zero attached hydrogens (tertiary/aromatic N) is 1. The molecule has 0 spiro atoms. The number of anilines is 1. The SMILES string of the molecule is CS(=O)(=O)N(CC(=O)Nc1cccc(Cl)c1)Cc1ccccc1F. The maximum Gasteiger partial charge on any atom is 0.239 e. The number of amides is 1. The Hall–Kier alpha value is -1.96. The number of sulfonamides is 1. The number of hydrogen-bond acceptors (Lipinski definition) is 3. The second-order valence-electron chi connectivity index (χ2n) is 5.18. The minimum atomic E-state index is -3.70. The molecule has 1 amide bonds. The standard InChI is InChI=1S/C16H16ClFN2O3S/c1-24(22,23)20(10-12-5-2-3-8-15(12)18)11-16(21)19-14-7-4-6-13(17)9-14/h2-9H,10-11H2,1H3,(H,19,21). The number of carbonyl (C=O) groups excluding carboxylic acids is 1. The summed E-state index contributed by atoms with van der Waals surface area (Å²) < 4.78 is 38.4. The van der Waals surface area contributed by atoms with Crippen LogP contribution < -0.4 is 5.32 Å². The fourth-order valence-electron chi connectivity index (χ4n) is 2.03. The fraction of sp³-hybridized carbons (Fsp3) is 0.188. The summed E-state index contributed by atoms with van der Waals surface area (Å²) in [6, 6.07) is 12.3. The predicted octanol–water partition coefficient (Wildman–Crippen LogP) is 2.88. The first kappa shape index (κ1) is 18.4. The third-order valence-electron chi connectivity index (χ3n) is 3.20. The molecule has 0 unspecified atom stereocenters. The number of nitrogens with one attached hydrogen (secondary N) is 1. The lowest BCUT2D eigenvalue weighted by Gasteiger charge is -2.20. The third kappa shape index (κ3) is 5.30. The van der Waals surface area contributed by atoms with Gasteiger partial charge >= 0.3 is 0 Å².